The van der Waals surface area contributed by atoms with Gasteiger partial charge < -0.3 is 9.47 Å². The van der Waals surface area contributed by atoms with Gasteiger partial charge in [0.2, 0.25) is 0 Å². The fourth-order valence-corrected chi connectivity index (χ4v) is 2.39. The number of hydrogen-bond donors (Lipinski definition) is 0. The highest BCUT2D eigenvalue weighted by Gasteiger charge is 2.22. The zero-order valence-electron chi connectivity index (χ0n) is 13.8. The highest BCUT2D eigenvalue weighted by Crippen LogP contribution is 2.22. The number of benzene rings is 2. The van der Waals surface area contributed by atoms with E-state index in [0.717, 1.165) is 11.1 Å². The first kappa shape index (κ1) is 17.2. The van der Waals surface area contributed by atoms with E-state index in [-0.39, 0.29) is 18.0 Å². The predicted octanol–water partition coefficient (Wildman–Crippen LogP) is 4.33. The average Bonchev–Trinajstić information content (AvgIpc) is 2.56. The van der Waals surface area contributed by atoms with Gasteiger partial charge in [-0.3, -0.25) is 4.79 Å². The molecule has 0 aliphatic rings. The number of rotatable bonds is 8. The van der Waals surface area contributed by atoms with Crippen molar-refractivity contribution < 1.29 is 14.3 Å². The van der Waals surface area contributed by atoms with Crippen molar-refractivity contribution in [1.82, 2.24) is 0 Å². The summed E-state index contributed by atoms with van der Waals surface area (Å²) in [6.07, 6.45) is 0.501. The van der Waals surface area contributed by atoms with E-state index in [4.69, 9.17) is 9.47 Å². The standard InChI is InChI=1S/C20H24O3/c1-16(2)23-20(21)19(18-11-7-4-8-12-18)13-14-22-15-17-9-5-3-6-10-17/h3-12,16,19H,13-15H2,1-2H3. The minimum absolute atomic E-state index is 0.112. The monoisotopic (exact) mass is 312 g/mol. The average molecular weight is 312 g/mol. The Balaban J connectivity index is 1.91. The van der Waals surface area contributed by atoms with Crippen LogP contribution in [0.25, 0.3) is 0 Å². The SMILES string of the molecule is CC(C)OC(=O)C(CCOCc1ccccc1)c1ccccc1. The van der Waals surface area contributed by atoms with Gasteiger partial charge in [0.05, 0.1) is 18.6 Å². The topological polar surface area (TPSA) is 35.5 Å². The Hall–Kier alpha value is -2.13. The molecule has 0 spiro atoms. The maximum Gasteiger partial charge on any atom is 0.313 e. The van der Waals surface area contributed by atoms with Crippen molar-refractivity contribution in [1.29, 1.82) is 0 Å². The van der Waals surface area contributed by atoms with E-state index >= 15 is 0 Å². The molecule has 0 aliphatic heterocycles. The van der Waals surface area contributed by atoms with Crippen molar-refractivity contribution in [2.45, 2.75) is 38.9 Å². The van der Waals surface area contributed by atoms with Gasteiger partial charge in [-0.1, -0.05) is 60.7 Å². The summed E-state index contributed by atoms with van der Waals surface area (Å²) in [4.78, 5) is 12.3. The molecule has 122 valence electrons. The molecule has 0 saturated carbocycles. The van der Waals surface area contributed by atoms with Gasteiger partial charge in [0.1, 0.15) is 0 Å². The summed E-state index contributed by atoms with van der Waals surface area (Å²) in [7, 11) is 0. The van der Waals surface area contributed by atoms with Crippen LogP contribution >= 0.6 is 0 Å². The van der Waals surface area contributed by atoms with E-state index in [1.165, 1.54) is 0 Å². The van der Waals surface area contributed by atoms with Gasteiger partial charge in [0.25, 0.3) is 0 Å². The lowest BCUT2D eigenvalue weighted by molar-refractivity contribution is -0.149. The molecule has 0 fully saturated rings. The molecule has 1 atom stereocenters. The Kier molecular flexibility index (Phi) is 6.82. The molecular weight excluding hydrogens is 288 g/mol. The Morgan fingerprint density at radius 2 is 1.57 bits per heavy atom. The van der Waals surface area contributed by atoms with Crippen molar-refractivity contribution in [2.75, 3.05) is 6.61 Å². The lowest BCUT2D eigenvalue weighted by Gasteiger charge is -2.18. The molecule has 23 heavy (non-hydrogen) atoms. The quantitative estimate of drug-likeness (QED) is 0.537. The first-order valence-corrected chi connectivity index (χ1v) is 8.04. The first-order chi connectivity index (χ1) is 11.2. The largest absolute Gasteiger partial charge is 0.463 e. The van der Waals surface area contributed by atoms with Crippen molar-refractivity contribution in [3.05, 3.63) is 71.8 Å². The van der Waals surface area contributed by atoms with Crippen molar-refractivity contribution in [2.24, 2.45) is 0 Å². The normalized spacial score (nSPS) is 12.1. The molecule has 3 nitrogen and oxygen atoms in total. The molecular formula is C20H24O3. The van der Waals surface area contributed by atoms with Crippen LogP contribution in [-0.2, 0) is 20.9 Å². The van der Waals surface area contributed by atoms with Gasteiger partial charge in [-0.05, 0) is 31.4 Å². The minimum Gasteiger partial charge on any atom is -0.463 e. The second-order valence-electron chi connectivity index (χ2n) is 5.78. The van der Waals surface area contributed by atoms with Crippen LogP contribution in [0.15, 0.2) is 60.7 Å². The molecule has 0 saturated heterocycles. The van der Waals surface area contributed by atoms with Crippen LogP contribution in [0.3, 0.4) is 0 Å². The van der Waals surface area contributed by atoms with E-state index in [1.807, 2.05) is 74.5 Å². The van der Waals surface area contributed by atoms with Crippen LogP contribution in [0.2, 0.25) is 0 Å². The van der Waals surface area contributed by atoms with Crippen LogP contribution in [0, 0.1) is 0 Å². The van der Waals surface area contributed by atoms with Gasteiger partial charge in [-0.15, -0.1) is 0 Å². The Morgan fingerprint density at radius 3 is 2.17 bits per heavy atom. The smallest absolute Gasteiger partial charge is 0.313 e. The third-order valence-corrected chi connectivity index (χ3v) is 3.50. The molecule has 0 aromatic heterocycles. The van der Waals surface area contributed by atoms with Crippen molar-refractivity contribution in [3.8, 4) is 0 Å². The maximum atomic E-state index is 12.3. The molecule has 2 rings (SSSR count). The molecule has 0 bridgehead atoms. The summed E-state index contributed by atoms with van der Waals surface area (Å²) >= 11 is 0. The highest BCUT2D eigenvalue weighted by molar-refractivity contribution is 5.78. The van der Waals surface area contributed by atoms with E-state index in [2.05, 4.69) is 0 Å². The molecule has 0 heterocycles. The fourth-order valence-electron chi connectivity index (χ4n) is 2.39. The zero-order valence-corrected chi connectivity index (χ0v) is 13.8. The summed E-state index contributed by atoms with van der Waals surface area (Å²) in [5, 5.41) is 0. The van der Waals surface area contributed by atoms with Gasteiger partial charge >= 0.3 is 5.97 Å². The van der Waals surface area contributed by atoms with Gasteiger partial charge in [-0.25, -0.2) is 0 Å². The van der Waals surface area contributed by atoms with Crippen LogP contribution in [0.1, 0.15) is 37.3 Å². The summed E-state index contributed by atoms with van der Waals surface area (Å²) in [5.41, 5.74) is 2.11. The summed E-state index contributed by atoms with van der Waals surface area (Å²) in [6.45, 7) is 4.81. The highest BCUT2D eigenvalue weighted by atomic mass is 16.5. The van der Waals surface area contributed by atoms with Crippen LogP contribution in [-0.4, -0.2) is 18.7 Å². The van der Waals surface area contributed by atoms with E-state index < -0.39 is 0 Å². The minimum atomic E-state index is -0.283. The van der Waals surface area contributed by atoms with Crippen molar-refractivity contribution in [3.63, 3.8) is 0 Å². The second kappa shape index (κ2) is 9.11. The van der Waals surface area contributed by atoms with Gasteiger partial charge in [0, 0.05) is 6.61 Å². The lowest BCUT2D eigenvalue weighted by atomic mass is 9.96. The van der Waals surface area contributed by atoms with E-state index in [1.54, 1.807) is 0 Å². The van der Waals surface area contributed by atoms with Gasteiger partial charge in [-0.2, -0.15) is 0 Å². The van der Waals surface area contributed by atoms with E-state index in [0.29, 0.717) is 19.6 Å². The third kappa shape index (κ3) is 5.87. The van der Waals surface area contributed by atoms with Crippen LogP contribution in [0.4, 0.5) is 0 Å². The molecule has 2 aromatic rings. The predicted molar refractivity (Wildman–Crippen MR) is 91.1 cm³/mol. The Labute approximate surface area is 138 Å². The molecule has 0 amide bonds. The number of ether oxygens (including phenoxy) is 2. The van der Waals surface area contributed by atoms with Crippen molar-refractivity contribution >= 4 is 5.97 Å². The van der Waals surface area contributed by atoms with Crippen LogP contribution < -0.4 is 0 Å². The number of esters is 1. The molecule has 3 heteroatoms. The van der Waals surface area contributed by atoms with Gasteiger partial charge in [0.15, 0.2) is 0 Å². The summed E-state index contributed by atoms with van der Waals surface area (Å²) < 4.78 is 11.1. The lowest BCUT2D eigenvalue weighted by Crippen LogP contribution is -2.21. The zero-order chi connectivity index (χ0) is 16.5. The second-order valence-corrected chi connectivity index (χ2v) is 5.78. The number of carbonyl (C=O) groups excluding carboxylic acids is 1. The third-order valence-electron chi connectivity index (χ3n) is 3.50. The molecule has 0 N–H and O–H groups in total. The molecule has 1 unspecified atom stereocenters. The summed E-state index contributed by atoms with van der Waals surface area (Å²) in [5.74, 6) is -0.469. The number of carbonyl (C=O) groups is 1. The molecule has 0 aliphatic carbocycles. The Morgan fingerprint density at radius 1 is 0.957 bits per heavy atom. The summed E-state index contributed by atoms with van der Waals surface area (Å²) in [6, 6.07) is 19.8. The van der Waals surface area contributed by atoms with E-state index in [9.17, 15) is 4.79 Å². The number of hydrogen-bond acceptors (Lipinski definition) is 3. The first-order valence-electron chi connectivity index (χ1n) is 8.04. The Bertz CT molecular complexity index is 578. The molecule has 2 aromatic carbocycles. The van der Waals surface area contributed by atoms with Crippen LogP contribution in [0.5, 0.6) is 0 Å². The maximum absolute atomic E-state index is 12.3. The molecule has 0 radical (unpaired) electrons. The fraction of sp³-hybridized carbons (Fsp3) is 0.350.